The quantitative estimate of drug-likeness (QED) is 0.187. The second kappa shape index (κ2) is 7.92. The van der Waals surface area contributed by atoms with Crippen molar-refractivity contribution in [1.82, 2.24) is 5.48 Å². The summed E-state index contributed by atoms with van der Waals surface area (Å²) in [5.74, 6) is -3.14. The molecule has 0 heterocycles. The van der Waals surface area contributed by atoms with Gasteiger partial charge in [-0.2, -0.15) is 0 Å². The van der Waals surface area contributed by atoms with Gasteiger partial charge in [-0.1, -0.05) is 0 Å². The van der Waals surface area contributed by atoms with E-state index in [1.54, 1.807) is 0 Å². The van der Waals surface area contributed by atoms with E-state index in [1.807, 2.05) is 0 Å². The molecule has 4 N–H and O–H groups in total. The highest BCUT2D eigenvalue weighted by Crippen LogP contribution is 2.36. The molecule has 0 saturated heterocycles. The molecule has 0 unspecified atom stereocenters. The summed E-state index contributed by atoms with van der Waals surface area (Å²) in [5.41, 5.74) is 1.16. The van der Waals surface area contributed by atoms with E-state index >= 15 is 0 Å². The molecule has 0 aliphatic heterocycles. The minimum Gasteiger partial charge on any atom is -0.455 e. The number of nitrogens with one attached hydrogen (secondary N) is 1. The van der Waals surface area contributed by atoms with Crippen LogP contribution in [0.4, 0.5) is 0 Å². The van der Waals surface area contributed by atoms with Gasteiger partial charge in [-0.15, -0.1) is 0 Å². The molecule has 0 aromatic rings. The number of hydrogen-bond donors (Lipinski definition) is 4. The minimum absolute atomic E-state index is 0.924. The fourth-order valence-electron chi connectivity index (χ4n) is 1.11. The molecule has 116 valence electrons. The van der Waals surface area contributed by atoms with Gasteiger partial charge in [0.15, 0.2) is 6.10 Å². The Morgan fingerprint density at radius 3 is 2.00 bits per heavy atom. The first kappa shape index (κ1) is 18.5. The number of carbonyl (C=O) groups excluding carboxylic acids is 3. The molecular formula is C8H14NO10P. The van der Waals surface area contributed by atoms with Crippen molar-refractivity contribution in [2.45, 2.75) is 26.1 Å². The Hall–Kier alpha value is -1.52. The van der Waals surface area contributed by atoms with E-state index in [4.69, 9.17) is 15.0 Å². The number of hydroxylamine groups is 1. The molecule has 11 nitrogen and oxygen atoms in total. The van der Waals surface area contributed by atoms with Crippen molar-refractivity contribution < 1.29 is 47.9 Å². The van der Waals surface area contributed by atoms with Gasteiger partial charge >= 0.3 is 19.8 Å². The van der Waals surface area contributed by atoms with Crippen molar-refractivity contribution in [3.05, 3.63) is 0 Å². The molecule has 12 heteroatoms. The average molecular weight is 315 g/mol. The number of rotatable bonds is 7. The molecule has 0 fully saturated rings. The van der Waals surface area contributed by atoms with Gasteiger partial charge in [-0.3, -0.25) is 24.1 Å². The van der Waals surface area contributed by atoms with E-state index in [1.165, 1.54) is 0 Å². The van der Waals surface area contributed by atoms with Crippen LogP contribution in [0.2, 0.25) is 0 Å². The number of carbonyl (C=O) groups is 3. The summed E-state index contributed by atoms with van der Waals surface area (Å²) >= 11 is 0. The molecule has 0 aromatic heterocycles. The highest BCUT2D eigenvalue weighted by Gasteiger charge is 2.35. The number of amides is 1. The highest BCUT2D eigenvalue weighted by molar-refractivity contribution is 7.46. The lowest BCUT2D eigenvalue weighted by molar-refractivity contribution is -0.175. The third kappa shape index (κ3) is 7.81. The molecule has 0 rings (SSSR count). The Bertz CT molecular complexity index is 417. The van der Waals surface area contributed by atoms with Gasteiger partial charge in [0.2, 0.25) is 6.10 Å². The van der Waals surface area contributed by atoms with E-state index in [9.17, 15) is 18.9 Å². The van der Waals surface area contributed by atoms with E-state index < -0.39 is 44.5 Å². The van der Waals surface area contributed by atoms with Gasteiger partial charge in [0.05, 0.1) is 6.61 Å². The van der Waals surface area contributed by atoms with Crippen LogP contribution in [0.25, 0.3) is 0 Å². The van der Waals surface area contributed by atoms with Crippen LogP contribution in [0, 0.1) is 0 Å². The van der Waals surface area contributed by atoms with Gasteiger partial charge < -0.3 is 19.3 Å². The second-order valence-corrected chi connectivity index (χ2v) is 4.68. The van der Waals surface area contributed by atoms with Gasteiger partial charge in [0, 0.05) is 13.8 Å². The maximum atomic E-state index is 11.3. The van der Waals surface area contributed by atoms with Crippen LogP contribution in [0.1, 0.15) is 13.8 Å². The molecule has 0 aromatic carbocycles. The van der Waals surface area contributed by atoms with E-state index in [0.717, 1.165) is 19.3 Å². The first-order chi connectivity index (χ1) is 9.06. The Labute approximate surface area is 113 Å². The second-order valence-electron chi connectivity index (χ2n) is 3.44. The fraction of sp³-hybridized carbons (Fsp3) is 0.625. The van der Waals surface area contributed by atoms with E-state index in [2.05, 4.69) is 14.0 Å². The van der Waals surface area contributed by atoms with Crippen molar-refractivity contribution in [2.75, 3.05) is 6.61 Å². The van der Waals surface area contributed by atoms with E-state index in [-0.39, 0.29) is 0 Å². The lowest BCUT2D eigenvalue weighted by atomic mass is 10.2. The molecule has 0 radical (unpaired) electrons. The Kier molecular flexibility index (Phi) is 7.32. The normalized spacial score (nSPS) is 14.1. The van der Waals surface area contributed by atoms with Crippen LogP contribution < -0.4 is 5.48 Å². The summed E-state index contributed by atoms with van der Waals surface area (Å²) < 4.78 is 23.8. The first-order valence-corrected chi connectivity index (χ1v) is 6.58. The third-order valence-corrected chi connectivity index (χ3v) is 2.21. The molecule has 0 saturated carbocycles. The summed E-state index contributed by atoms with van der Waals surface area (Å²) in [6.45, 7) is 0.952. The summed E-state index contributed by atoms with van der Waals surface area (Å²) in [6, 6.07) is 0. The molecule has 20 heavy (non-hydrogen) atoms. The van der Waals surface area contributed by atoms with Gasteiger partial charge in [0.25, 0.3) is 5.91 Å². The smallest absolute Gasteiger partial charge is 0.455 e. The topological polar surface area (TPSA) is 169 Å². The lowest BCUT2D eigenvalue weighted by Crippen LogP contribution is -2.47. The number of hydrogen-bond acceptors (Lipinski definition) is 8. The zero-order valence-electron chi connectivity index (χ0n) is 10.5. The van der Waals surface area contributed by atoms with Gasteiger partial charge in [0.1, 0.15) is 0 Å². The largest absolute Gasteiger partial charge is 0.469 e. The fourth-order valence-corrected chi connectivity index (χ4v) is 1.45. The van der Waals surface area contributed by atoms with Crippen molar-refractivity contribution in [1.29, 1.82) is 0 Å². The number of ether oxygens (including phenoxy) is 2. The van der Waals surface area contributed by atoms with Crippen LogP contribution in [-0.4, -0.2) is 51.7 Å². The average Bonchev–Trinajstić information content (AvgIpc) is 2.29. The SMILES string of the molecule is CC(=O)O[C@H](COP(=O)(O)O)[C@@H](OC(C)=O)C(=O)NO. The van der Waals surface area contributed by atoms with Crippen LogP contribution in [-0.2, 0) is 32.9 Å². The monoisotopic (exact) mass is 315 g/mol. The van der Waals surface area contributed by atoms with Crippen LogP contribution in [0.3, 0.4) is 0 Å². The maximum absolute atomic E-state index is 11.3. The highest BCUT2D eigenvalue weighted by atomic mass is 31.2. The molecule has 0 spiro atoms. The molecular weight excluding hydrogens is 301 g/mol. The summed E-state index contributed by atoms with van der Waals surface area (Å²) in [7, 11) is -4.90. The van der Waals surface area contributed by atoms with Crippen molar-refractivity contribution in [3.63, 3.8) is 0 Å². The van der Waals surface area contributed by atoms with Crippen molar-refractivity contribution in [3.8, 4) is 0 Å². The minimum atomic E-state index is -4.90. The lowest BCUT2D eigenvalue weighted by Gasteiger charge is -2.24. The predicted octanol–water partition coefficient (Wildman–Crippen LogP) is -1.54. The number of phosphoric acid groups is 1. The Morgan fingerprint density at radius 2 is 1.65 bits per heavy atom. The zero-order chi connectivity index (χ0) is 15.9. The maximum Gasteiger partial charge on any atom is 0.469 e. The summed E-state index contributed by atoms with van der Waals surface area (Å²) in [6.07, 6.45) is -3.50. The molecule has 1 amide bonds. The van der Waals surface area contributed by atoms with Gasteiger partial charge in [-0.05, 0) is 0 Å². The van der Waals surface area contributed by atoms with Crippen LogP contribution in [0.5, 0.6) is 0 Å². The number of esters is 2. The third-order valence-electron chi connectivity index (χ3n) is 1.72. The predicted molar refractivity (Wildman–Crippen MR) is 59.0 cm³/mol. The van der Waals surface area contributed by atoms with E-state index in [0.29, 0.717) is 0 Å². The molecule has 0 aliphatic rings. The zero-order valence-corrected chi connectivity index (χ0v) is 11.4. The summed E-state index contributed by atoms with van der Waals surface area (Å²) in [4.78, 5) is 50.1. The van der Waals surface area contributed by atoms with Crippen LogP contribution in [0.15, 0.2) is 0 Å². The van der Waals surface area contributed by atoms with Crippen LogP contribution >= 0.6 is 7.82 Å². The Balaban J connectivity index is 5.08. The standard InChI is InChI=1S/C8H14NO10P/c1-4(10)18-6(3-17-20(14,15)16)7(8(12)9-13)19-5(2)11/h6-7,13H,3H2,1-2H3,(H,9,12)(H2,14,15,16)/t6-,7-/m1/s1. The first-order valence-electron chi connectivity index (χ1n) is 5.05. The molecule has 0 aliphatic carbocycles. The van der Waals surface area contributed by atoms with Gasteiger partial charge in [-0.25, -0.2) is 10.0 Å². The van der Waals surface area contributed by atoms with Crippen molar-refractivity contribution >= 4 is 25.7 Å². The Morgan fingerprint density at radius 1 is 1.15 bits per heavy atom. The number of phosphoric ester groups is 1. The molecule has 2 atom stereocenters. The molecule has 0 bridgehead atoms. The van der Waals surface area contributed by atoms with Crippen molar-refractivity contribution in [2.24, 2.45) is 0 Å². The summed E-state index contributed by atoms with van der Waals surface area (Å²) in [5, 5.41) is 8.50.